The molecule has 0 spiro atoms. The van der Waals surface area contributed by atoms with E-state index >= 15 is 0 Å². The van der Waals surface area contributed by atoms with Gasteiger partial charge in [-0.25, -0.2) is 4.79 Å². The number of fused-ring (bicyclic) bond motifs is 6. The lowest BCUT2D eigenvalue weighted by atomic mass is 9.93. The number of phenolic OH excluding ortho intramolecular Hbond substituents is 1. The highest BCUT2D eigenvalue weighted by molar-refractivity contribution is 6.02. The largest absolute Gasteiger partial charge is 0.508 e. The van der Waals surface area contributed by atoms with Crippen molar-refractivity contribution >= 4 is 18.0 Å². The van der Waals surface area contributed by atoms with E-state index in [1.165, 1.54) is 18.2 Å². The number of aromatic hydroxyl groups is 1. The zero-order valence-corrected chi connectivity index (χ0v) is 17.0. The van der Waals surface area contributed by atoms with Gasteiger partial charge in [-0.1, -0.05) is 36.4 Å². The predicted octanol–water partition coefficient (Wildman–Crippen LogP) is 3.59. The van der Waals surface area contributed by atoms with Crippen LogP contribution in [0.15, 0.2) is 54.6 Å². The van der Waals surface area contributed by atoms with Crippen molar-refractivity contribution in [2.45, 2.75) is 50.4 Å². The van der Waals surface area contributed by atoms with Gasteiger partial charge in [0.05, 0.1) is 17.8 Å². The molecule has 1 fully saturated rings. The Hall–Kier alpha value is -3.25. The summed E-state index contributed by atoms with van der Waals surface area (Å²) in [6.45, 7) is 0. The molecule has 2 aromatic rings. The molecule has 3 aliphatic rings. The molecule has 0 saturated carbocycles. The van der Waals surface area contributed by atoms with E-state index in [0.29, 0.717) is 25.5 Å². The fraction of sp³-hybridized carbons (Fsp3) is 0.320. The Kier molecular flexibility index (Phi) is 6.28. The summed E-state index contributed by atoms with van der Waals surface area (Å²) < 4.78 is 11.8. The van der Waals surface area contributed by atoms with Crippen molar-refractivity contribution in [2.75, 3.05) is 0 Å². The molecule has 6 heteroatoms. The van der Waals surface area contributed by atoms with Crippen molar-refractivity contribution in [1.82, 2.24) is 0 Å². The lowest BCUT2D eigenvalue weighted by Crippen LogP contribution is -2.40. The van der Waals surface area contributed by atoms with Crippen LogP contribution in [0.3, 0.4) is 0 Å². The fourth-order valence-corrected chi connectivity index (χ4v) is 4.20. The molecule has 2 aromatic carbocycles. The van der Waals surface area contributed by atoms with Crippen molar-refractivity contribution in [3.05, 3.63) is 76.9 Å². The Morgan fingerprint density at radius 2 is 1.84 bits per heavy atom. The van der Waals surface area contributed by atoms with E-state index in [0.717, 1.165) is 12.0 Å². The molecule has 0 radical (unpaired) electrons. The average molecular weight is 420 g/mol. The second-order valence-electron chi connectivity index (χ2n) is 8.04. The van der Waals surface area contributed by atoms with Crippen LogP contribution in [0, 0.1) is 0 Å². The topological polar surface area (TPSA) is 89.9 Å². The third kappa shape index (κ3) is 5.09. The summed E-state index contributed by atoms with van der Waals surface area (Å²) in [5, 5.41) is 9.97. The quantitative estimate of drug-likeness (QED) is 0.603. The zero-order chi connectivity index (χ0) is 21.8. The van der Waals surface area contributed by atoms with Gasteiger partial charge in [0.15, 0.2) is 12.1 Å². The number of carbonyl (C=O) groups is 3. The molecular weight excluding hydrogens is 396 g/mol. The first-order chi connectivity index (χ1) is 15.0. The van der Waals surface area contributed by atoms with Crippen LogP contribution in [0.5, 0.6) is 5.75 Å². The summed E-state index contributed by atoms with van der Waals surface area (Å²) in [7, 11) is 0. The van der Waals surface area contributed by atoms with E-state index in [-0.39, 0.29) is 46.9 Å². The number of phenols is 1. The molecule has 2 bridgehead atoms. The van der Waals surface area contributed by atoms with Crippen LogP contribution in [-0.4, -0.2) is 41.5 Å². The molecule has 5 rings (SSSR count). The number of allylic oxidation sites excluding steroid dienone is 1. The number of hydrogen-bond donors (Lipinski definition) is 1. The van der Waals surface area contributed by atoms with E-state index in [9.17, 15) is 19.5 Å². The van der Waals surface area contributed by atoms with Gasteiger partial charge >= 0.3 is 5.97 Å². The van der Waals surface area contributed by atoms with Crippen LogP contribution in [0.1, 0.15) is 51.1 Å². The van der Waals surface area contributed by atoms with Crippen LogP contribution in [0.4, 0.5) is 0 Å². The molecule has 160 valence electrons. The molecule has 0 aromatic heterocycles. The van der Waals surface area contributed by atoms with Gasteiger partial charge in [-0.15, -0.1) is 0 Å². The number of rotatable bonds is 3. The maximum absolute atomic E-state index is 13.2. The maximum atomic E-state index is 13.2. The van der Waals surface area contributed by atoms with Crippen molar-refractivity contribution in [3.63, 3.8) is 0 Å². The first kappa shape index (κ1) is 21.0. The third-order valence-corrected chi connectivity index (χ3v) is 5.65. The van der Waals surface area contributed by atoms with Crippen molar-refractivity contribution in [2.24, 2.45) is 0 Å². The summed E-state index contributed by atoms with van der Waals surface area (Å²) in [4.78, 5) is 37.2. The summed E-state index contributed by atoms with van der Waals surface area (Å²) in [5.74, 6) is -1.09. The molecule has 2 unspecified atom stereocenters. The average Bonchev–Trinajstić information content (AvgIpc) is 2.71. The SMILES string of the molecule is O=Cc1cc(O)cc2c1C(=O)O[C@H](Cc1ccccc1)CC1CC(C/C=C/C(=O)C2)O1. The Bertz CT molecular complexity index is 1000. The number of benzene rings is 2. The van der Waals surface area contributed by atoms with Gasteiger partial charge in [-0.3, -0.25) is 9.59 Å². The normalized spacial score (nSPS) is 24.8. The Balaban J connectivity index is 1.68. The number of hydrogen-bond acceptors (Lipinski definition) is 6. The molecule has 3 aliphatic heterocycles. The number of esters is 1. The van der Waals surface area contributed by atoms with Crippen LogP contribution in [-0.2, 0) is 27.1 Å². The van der Waals surface area contributed by atoms with Crippen LogP contribution >= 0.6 is 0 Å². The first-order valence-corrected chi connectivity index (χ1v) is 10.4. The van der Waals surface area contributed by atoms with E-state index in [1.807, 2.05) is 30.3 Å². The summed E-state index contributed by atoms with van der Waals surface area (Å²) >= 11 is 0. The maximum Gasteiger partial charge on any atom is 0.339 e. The molecule has 1 N–H and O–H groups in total. The van der Waals surface area contributed by atoms with Gasteiger partial charge in [0.1, 0.15) is 11.9 Å². The van der Waals surface area contributed by atoms with Gasteiger partial charge in [0.25, 0.3) is 0 Å². The summed E-state index contributed by atoms with van der Waals surface area (Å²) in [6, 6.07) is 12.3. The Morgan fingerprint density at radius 3 is 2.58 bits per heavy atom. The molecule has 0 aliphatic carbocycles. The second-order valence-corrected chi connectivity index (χ2v) is 8.04. The van der Waals surface area contributed by atoms with Gasteiger partial charge < -0.3 is 14.6 Å². The highest BCUT2D eigenvalue weighted by Gasteiger charge is 2.33. The monoisotopic (exact) mass is 420 g/mol. The lowest BCUT2D eigenvalue weighted by Gasteiger charge is -2.37. The minimum absolute atomic E-state index is 0.00212. The summed E-state index contributed by atoms with van der Waals surface area (Å²) in [5.41, 5.74) is 1.33. The molecule has 3 atom stereocenters. The van der Waals surface area contributed by atoms with E-state index in [1.54, 1.807) is 6.08 Å². The molecule has 0 amide bonds. The lowest BCUT2D eigenvalue weighted by molar-refractivity contribution is -0.136. The van der Waals surface area contributed by atoms with Crippen LogP contribution in [0.2, 0.25) is 0 Å². The molecular formula is C25H24O6. The minimum atomic E-state index is -0.678. The van der Waals surface area contributed by atoms with Crippen molar-refractivity contribution < 1.29 is 29.0 Å². The second kappa shape index (κ2) is 9.27. The predicted molar refractivity (Wildman–Crippen MR) is 113 cm³/mol. The van der Waals surface area contributed by atoms with Crippen molar-refractivity contribution in [3.8, 4) is 5.75 Å². The zero-order valence-electron chi connectivity index (χ0n) is 17.0. The minimum Gasteiger partial charge on any atom is -0.508 e. The molecule has 31 heavy (non-hydrogen) atoms. The van der Waals surface area contributed by atoms with Gasteiger partial charge in [0.2, 0.25) is 0 Å². The Labute approximate surface area is 180 Å². The van der Waals surface area contributed by atoms with Crippen LogP contribution in [0.25, 0.3) is 0 Å². The highest BCUT2D eigenvalue weighted by Crippen LogP contribution is 2.30. The third-order valence-electron chi connectivity index (χ3n) is 5.65. The fourth-order valence-electron chi connectivity index (χ4n) is 4.20. The number of ketones is 1. The standard InChI is InChI=1S/C25H24O6/c26-15-18-12-20(28)11-17-10-19(27)7-4-8-21-13-23(30-21)14-22(31-25(29)24(17)18)9-16-5-2-1-3-6-16/h1-7,11-12,15,21-23,28H,8-10,13-14H2/b7-4+/t21?,22-,23?/m1/s1. The van der Waals surface area contributed by atoms with Gasteiger partial charge in [-0.2, -0.15) is 0 Å². The van der Waals surface area contributed by atoms with E-state index < -0.39 is 12.1 Å². The highest BCUT2D eigenvalue weighted by atomic mass is 16.6. The first-order valence-electron chi connectivity index (χ1n) is 10.4. The Morgan fingerprint density at radius 1 is 1.06 bits per heavy atom. The molecule has 1 saturated heterocycles. The number of ether oxygens (including phenoxy) is 2. The summed E-state index contributed by atoms with van der Waals surface area (Å²) in [6.07, 6.45) is 5.73. The van der Waals surface area contributed by atoms with Crippen LogP contribution < -0.4 is 0 Å². The molecule has 6 nitrogen and oxygen atoms in total. The van der Waals surface area contributed by atoms with Gasteiger partial charge in [-0.05, 0) is 35.8 Å². The molecule has 3 heterocycles. The van der Waals surface area contributed by atoms with E-state index in [4.69, 9.17) is 9.47 Å². The smallest absolute Gasteiger partial charge is 0.339 e. The van der Waals surface area contributed by atoms with Crippen molar-refractivity contribution in [1.29, 1.82) is 0 Å². The number of carbonyl (C=O) groups excluding carboxylic acids is 3. The number of aldehydes is 1. The van der Waals surface area contributed by atoms with E-state index in [2.05, 4.69) is 0 Å². The van der Waals surface area contributed by atoms with Gasteiger partial charge in [0, 0.05) is 31.2 Å².